The number of rotatable bonds is 4. The fraction of sp³-hybridized carbons (Fsp3) is 0.263. The number of hydrogen-bond donors (Lipinski definition) is 0. The van der Waals surface area contributed by atoms with Crippen LogP contribution in [0, 0.1) is 27.7 Å². The van der Waals surface area contributed by atoms with E-state index in [0.717, 1.165) is 0 Å². The lowest BCUT2D eigenvalue weighted by atomic mass is 9.91. The monoisotopic (exact) mass is 524 g/mol. The van der Waals surface area contributed by atoms with Crippen molar-refractivity contribution in [2.75, 3.05) is 0 Å². The Hall–Kier alpha value is -3.42. The van der Waals surface area contributed by atoms with Gasteiger partial charge < -0.3 is 0 Å². The molecular formula is C38H40Si. The molecule has 2 atom stereocenters. The molecule has 0 N–H and O–H groups in total. The lowest BCUT2D eigenvalue weighted by Gasteiger charge is -2.40. The van der Waals surface area contributed by atoms with Crippen LogP contribution in [0.25, 0.3) is 34.4 Å². The molecule has 2 aliphatic carbocycles. The van der Waals surface area contributed by atoms with Crippen LogP contribution in [0.15, 0.2) is 83.9 Å². The molecule has 4 aromatic carbocycles. The summed E-state index contributed by atoms with van der Waals surface area (Å²) < 4.78 is 0. The molecule has 6 rings (SSSR count). The van der Waals surface area contributed by atoms with Gasteiger partial charge in [-0.05, 0) is 91.6 Å². The quantitative estimate of drug-likeness (QED) is 0.233. The standard InChI is InChI=1S/C38H40Si/c1-23-12-15-29(16-13-23)31-10-9-11-33-35(31)22-27(5)37(33)39(7,8)38-28(6)21-34-26(4)14-17-32(36(34)38)30-19-24(2)18-25(3)20-30/h9-22,37-38H,1-8H3. The first-order valence-electron chi connectivity index (χ1n) is 14.3. The first-order valence-corrected chi connectivity index (χ1v) is 17.5. The molecule has 0 heterocycles. The first-order chi connectivity index (χ1) is 18.6. The molecule has 0 nitrogen and oxygen atoms in total. The van der Waals surface area contributed by atoms with Gasteiger partial charge in [0.1, 0.15) is 0 Å². The molecule has 0 aromatic heterocycles. The first kappa shape index (κ1) is 25.8. The highest BCUT2D eigenvalue weighted by Gasteiger charge is 2.47. The molecule has 1 heteroatoms. The number of hydrogen-bond acceptors (Lipinski definition) is 0. The number of allylic oxidation sites excluding steroid dienone is 2. The van der Waals surface area contributed by atoms with Gasteiger partial charge in [0.2, 0.25) is 0 Å². The largest absolute Gasteiger partial charge is 0.0722 e. The van der Waals surface area contributed by atoms with Gasteiger partial charge in [-0.3, -0.25) is 0 Å². The molecule has 196 valence electrons. The Morgan fingerprint density at radius 1 is 0.538 bits per heavy atom. The maximum Gasteiger partial charge on any atom is 0.0722 e. The summed E-state index contributed by atoms with van der Waals surface area (Å²) in [5.74, 6) is 0. The SMILES string of the molecule is CC1=Cc2c(-c3ccc(C)cc3)cccc2C1[Si](C)(C)C1C(C)=Cc2c(C)ccc(-c3cc(C)cc(C)c3)c21. The predicted molar refractivity (Wildman–Crippen MR) is 173 cm³/mol. The highest BCUT2D eigenvalue weighted by molar-refractivity contribution is 6.82. The molecule has 0 aliphatic heterocycles. The molecule has 0 bridgehead atoms. The summed E-state index contributed by atoms with van der Waals surface area (Å²) in [6.07, 6.45) is 5.01. The fourth-order valence-electron chi connectivity index (χ4n) is 7.82. The lowest BCUT2D eigenvalue weighted by Crippen LogP contribution is -2.42. The van der Waals surface area contributed by atoms with E-state index in [9.17, 15) is 0 Å². The van der Waals surface area contributed by atoms with Crippen LogP contribution >= 0.6 is 0 Å². The van der Waals surface area contributed by atoms with Crippen molar-refractivity contribution in [3.63, 3.8) is 0 Å². The molecule has 0 spiro atoms. The molecule has 0 saturated carbocycles. The summed E-state index contributed by atoms with van der Waals surface area (Å²) in [6.45, 7) is 19.0. The van der Waals surface area contributed by atoms with Crippen molar-refractivity contribution in [2.45, 2.75) is 65.7 Å². The topological polar surface area (TPSA) is 0 Å². The van der Waals surface area contributed by atoms with Crippen LogP contribution in [0.3, 0.4) is 0 Å². The van der Waals surface area contributed by atoms with Crippen LogP contribution in [-0.4, -0.2) is 8.07 Å². The Bertz CT molecular complexity index is 1660. The van der Waals surface area contributed by atoms with Crippen LogP contribution in [0.1, 0.15) is 69.4 Å². The molecule has 0 fully saturated rings. The van der Waals surface area contributed by atoms with Gasteiger partial charge in [-0.15, -0.1) is 0 Å². The summed E-state index contributed by atoms with van der Waals surface area (Å²) in [5.41, 5.74) is 20.9. The fourth-order valence-corrected chi connectivity index (χ4v) is 12.8. The molecule has 39 heavy (non-hydrogen) atoms. The number of benzene rings is 4. The van der Waals surface area contributed by atoms with E-state index >= 15 is 0 Å². The maximum atomic E-state index is 2.65. The Labute approximate surface area is 236 Å². The third-order valence-corrected chi connectivity index (χ3v) is 13.8. The minimum absolute atomic E-state index is 0.477. The Morgan fingerprint density at radius 3 is 1.87 bits per heavy atom. The van der Waals surface area contributed by atoms with Crippen LogP contribution in [0.5, 0.6) is 0 Å². The van der Waals surface area contributed by atoms with Gasteiger partial charge in [0, 0.05) is 11.1 Å². The zero-order valence-electron chi connectivity index (χ0n) is 24.7. The van der Waals surface area contributed by atoms with E-state index in [1.165, 1.54) is 72.3 Å². The third kappa shape index (κ3) is 4.19. The summed E-state index contributed by atoms with van der Waals surface area (Å²) in [4.78, 5) is 0. The summed E-state index contributed by atoms with van der Waals surface area (Å²) in [6, 6.07) is 27.8. The van der Waals surface area contributed by atoms with Crippen molar-refractivity contribution in [3.05, 3.63) is 128 Å². The maximum absolute atomic E-state index is 2.65. The molecule has 0 radical (unpaired) electrons. The zero-order valence-corrected chi connectivity index (χ0v) is 25.7. The van der Waals surface area contributed by atoms with Crippen LogP contribution in [0.2, 0.25) is 13.1 Å². The molecule has 4 aromatic rings. The smallest absolute Gasteiger partial charge is 0.0679 e. The van der Waals surface area contributed by atoms with E-state index in [1.807, 2.05) is 0 Å². The van der Waals surface area contributed by atoms with Crippen LogP contribution < -0.4 is 0 Å². The average Bonchev–Trinajstić information content (AvgIpc) is 3.41. The van der Waals surface area contributed by atoms with Gasteiger partial charge in [0.25, 0.3) is 0 Å². The Kier molecular flexibility index (Phi) is 6.19. The Balaban J connectivity index is 1.51. The number of fused-ring (bicyclic) bond motifs is 2. The predicted octanol–water partition coefficient (Wildman–Crippen LogP) is 10.7. The van der Waals surface area contributed by atoms with E-state index in [2.05, 4.69) is 140 Å². The van der Waals surface area contributed by atoms with Crippen molar-refractivity contribution in [1.29, 1.82) is 0 Å². The van der Waals surface area contributed by atoms with Gasteiger partial charge in [0.15, 0.2) is 0 Å². The Morgan fingerprint density at radius 2 is 1.18 bits per heavy atom. The second-order valence-corrected chi connectivity index (χ2v) is 17.6. The second-order valence-electron chi connectivity index (χ2n) is 12.8. The summed E-state index contributed by atoms with van der Waals surface area (Å²) >= 11 is 0. The summed E-state index contributed by atoms with van der Waals surface area (Å²) in [7, 11) is -1.95. The second kappa shape index (κ2) is 9.35. The van der Waals surface area contributed by atoms with E-state index in [1.54, 1.807) is 5.56 Å². The van der Waals surface area contributed by atoms with E-state index < -0.39 is 8.07 Å². The molecule has 2 aliphatic rings. The van der Waals surface area contributed by atoms with Crippen molar-refractivity contribution < 1.29 is 0 Å². The van der Waals surface area contributed by atoms with Gasteiger partial charge >= 0.3 is 0 Å². The van der Waals surface area contributed by atoms with Gasteiger partial charge in [-0.2, -0.15) is 0 Å². The van der Waals surface area contributed by atoms with E-state index in [0.29, 0.717) is 11.1 Å². The van der Waals surface area contributed by atoms with Crippen molar-refractivity contribution >= 4 is 20.2 Å². The minimum atomic E-state index is -1.95. The van der Waals surface area contributed by atoms with E-state index in [4.69, 9.17) is 0 Å². The third-order valence-electron chi connectivity index (χ3n) is 9.28. The van der Waals surface area contributed by atoms with Crippen molar-refractivity contribution in [2.24, 2.45) is 0 Å². The average molecular weight is 525 g/mol. The van der Waals surface area contributed by atoms with Gasteiger partial charge in [-0.1, -0.05) is 126 Å². The highest BCUT2D eigenvalue weighted by atomic mass is 28.3. The van der Waals surface area contributed by atoms with Crippen molar-refractivity contribution in [3.8, 4) is 22.3 Å². The summed E-state index contributed by atoms with van der Waals surface area (Å²) in [5, 5.41) is 0. The van der Waals surface area contributed by atoms with Crippen LogP contribution in [-0.2, 0) is 0 Å². The van der Waals surface area contributed by atoms with E-state index in [-0.39, 0.29) is 0 Å². The molecular weight excluding hydrogens is 485 g/mol. The zero-order chi connectivity index (χ0) is 27.6. The molecule has 0 amide bonds. The highest BCUT2D eigenvalue weighted by Crippen LogP contribution is 2.55. The van der Waals surface area contributed by atoms with Crippen LogP contribution in [0.4, 0.5) is 0 Å². The number of aryl methyl sites for hydroxylation is 4. The lowest BCUT2D eigenvalue weighted by molar-refractivity contribution is 0.968. The van der Waals surface area contributed by atoms with Gasteiger partial charge in [-0.25, -0.2) is 0 Å². The normalized spacial score (nSPS) is 18.1. The van der Waals surface area contributed by atoms with Crippen molar-refractivity contribution in [1.82, 2.24) is 0 Å². The molecule has 2 unspecified atom stereocenters. The van der Waals surface area contributed by atoms with Gasteiger partial charge in [0.05, 0.1) is 8.07 Å². The molecule has 0 saturated heterocycles. The minimum Gasteiger partial charge on any atom is -0.0679 e.